The van der Waals surface area contributed by atoms with Gasteiger partial charge in [-0.2, -0.15) is 0 Å². The van der Waals surface area contributed by atoms with Gasteiger partial charge in [-0.15, -0.1) is 0 Å². The molecule has 0 unspecified atom stereocenters. The molecule has 4 rings (SSSR count). The molecule has 3 nitrogen and oxygen atoms in total. The maximum atomic E-state index is 14.3. The summed E-state index contributed by atoms with van der Waals surface area (Å²) in [5, 5.41) is 1.02. The fourth-order valence-electron chi connectivity index (χ4n) is 2.54. The van der Waals surface area contributed by atoms with Crippen molar-refractivity contribution in [1.82, 2.24) is 4.98 Å². The second kappa shape index (κ2) is 4.45. The predicted molar refractivity (Wildman–Crippen MR) is 77.7 cm³/mol. The lowest BCUT2D eigenvalue weighted by molar-refractivity contribution is 0.534. The Kier molecular flexibility index (Phi) is 2.57. The maximum Gasteiger partial charge on any atom is 0.190 e. The smallest absolute Gasteiger partial charge is 0.190 e. The normalized spacial score (nSPS) is 11.5. The van der Waals surface area contributed by atoms with Gasteiger partial charge in [-0.3, -0.25) is 0 Å². The number of benzene rings is 2. The highest BCUT2D eigenvalue weighted by Gasteiger charge is 2.13. The average Bonchev–Trinajstić information content (AvgIpc) is 3.07. The molecular formula is C17H12FNO2. The van der Waals surface area contributed by atoms with Gasteiger partial charge in [0.15, 0.2) is 17.8 Å². The lowest BCUT2D eigenvalue weighted by Gasteiger charge is -2.00. The van der Waals surface area contributed by atoms with Gasteiger partial charge in [-0.05, 0) is 36.2 Å². The van der Waals surface area contributed by atoms with E-state index in [-0.39, 0.29) is 11.4 Å². The molecule has 4 aromatic rings. The van der Waals surface area contributed by atoms with Crippen LogP contribution in [0, 0.1) is 12.7 Å². The average molecular weight is 281 g/mol. The standard InChI is InChI=1S/C17H12FNO2/c1-10-2-3-11-7-13(21-15(11)6-10)8-12-4-5-14-17(16(12)18)20-9-19-14/h2-7,9H,8H2,1H3. The molecule has 0 aliphatic heterocycles. The van der Waals surface area contributed by atoms with Crippen molar-refractivity contribution < 1.29 is 13.2 Å². The van der Waals surface area contributed by atoms with E-state index in [1.807, 2.05) is 31.2 Å². The van der Waals surface area contributed by atoms with Gasteiger partial charge in [-0.1, -0.05) is 18.2 Å². The number of nitrogens with zero attached hydrogens (tertiary/aromatic N) is 1. The third kappa shape index (κ3) is 2.00. The Hall–Kier alpha value is -2.62. The molecule has 0 saturated carbocycles. The Morgan fingerprint density at radius 2 is 2.05 bits per heavy atom. The van der Waals surface area contributed by atoms with E-state index in [0.717, 1.165) is 22.3 Å². The van der Waals surface area contributed by atoms with E-state index in [2.05, 4.69) is 4.98 Å². The van der Waals surface area contributed by atoms with Crippen LogP contribution in [0.2, 0.25) is 0 Å². The molecule has 0 spiro atoms. The second-order valence-corrected chi connectivity index (χ2v) is 5.17. The van der Waals surface area contributed by atoms with Crippen LogP contribution in [0.5, 0.6) is 0 Å². The molecule has 0 N–H and O–H groups in total. The molecule has 0 aliphatic rings. The van der Waals surface area contributed by atoms with E-state index < -0.39 is 0 Å². The van der Waals surface area contributed by atoms with Crippen molar-refractivity contribution in [3.63, 3.8) is 0 Å². The quantitative estimate of drug-likeness (QED) is 0.538. The summed E-state index contributed by atoms with van der Waals surface area (Å²) in [7, 11) is 0. The highest BCUT2D eigenvalue weighted by Crippen LogP contribution is 2.26. The van der Waals surface area contributed by atoms with Crippen molar-refractivity contribution in [3.05, 3.63) is 65.5 Å². The van der Waals surface area contributed by atoms with Crippen LogP contribution in [0.4, 0.5) is 4.39 Å². The van der Waals surface area contributed by atoms with Gasteiger partial charge in [0.1, 0.15) is 16.9 Å². The fraction of sp³-hybridized carbons (Fsp3) is 0.118. The van der Waals surface area contributed by atoms with Crippen LogP contribution in [-0.4, -0.2) is 4.98 Å². The Bertz CT molecular complexity index is 952. The summed E-state index contributed by atoms with van der Waals surface area (Å²) in [6.45, 7) is 2.01. The van der Waals surface area contributed by atoms with E-state index in [0.29, 0.717) is 17.5 Å². The number of oxazole rings is 1. The van der Waals surface area contributed by atoms with Gasteiger partial charge in [0.2, 0.25) is 0 Å². The first-order valence-electron chi connectivity index (χ1n) is 6.70. The first kappa shape index (κ1) is 12.1. The lowest BCUT2D eigenvalue weighted by Crippen LogP contribution is -1.91. The zero-order valence-corrected chi connectivity index (χ0v) is 11.4. The molecule has 0 bridgehead atoms. The van der Waals surface area contributed by atoms with Gasteiger partial charge in [0.05, 0.1) is 0 Å². The molecule has 2 aromatic carbocycles. The molecule has 104 valence electrons. The van der Waals surface area contributed by atoms with Crippen LogP contribution >= 0.6 is 0 Å². The maximum absolute atomic E-state index is 14.3. The van der Waals surface area contributed by atoms with Crippen LogP contribution in [0.3, 0.4) is 0 Å². The molecule has 0 atom stereocenters. The summed E-state index contributed by atoms with van der Waals surface area (Å²) in [5.74, 6) is 0.356. The predicted octanol–water partition coefficient (Wildman–Crippen LogP) is 4.61. The van der Waals surface area contributed by atoms with E-state index in [1.54, 1.807) is 12.1 Å². The Balaban J connectivity index is 1.76. The number of furan rings is 1. The summed E-state index contributed by atoms with van der Waals surface area (Å²) in [4.78, 5) is 3.94. The van der Waals surface area contributed by atoms with Crippen LogP contribution < -0.4 is 0 Å². The van der Waals surface area contributed by atoms with Gasteiger partial charge in [0.25, 0.3) is 0 Å². The Labute approximate surface area is 120 Å². The zero-order chi connectivity index (χ0) is 14.4. The summed E-state index contributed by atoms with van der Waals surface area (Å²) >= 11 is 0. The minimum atomic E-state index is -0.373. The SMILES string of the molecule is Cc1ccc2cc(Cc3ccc4ncoc4c3F)oc2c1. The minimum absolute atomic E-state index is 0.194. The number of halogens is 1. The van der Waals surface area contributed by atoms with E-state index in [4.69, 9.17) is 8.83 Å². The molecule has 2 heterocycles. The number of rotatable bonds is 2. The Morgan fingerprint density at radius 3 is 2.95 bits per heavy atom. The highest BCUT2D eigenvalue weighted by molar-refractivity contribution is 5.79. The second-order valence-electron chi connectivity index (χ2n) is 5.17. The number of aryl methyl sites for hydroxylation is 1. The molecule has 0 radical (unpaired) electrons. The number of aromatic nitrogens is 1. The first-order chi connectivity index (χ1) is 10.2. The van der Waals surface area contributed by atoms with Crippen LogP contribution in [0.25, 0.3) is 22.1 Å². The zero-order valence-electron chi connectivity index (χ0n) is 11.4. The molecule has 0 saturated heterocycles. The highest BCUT2D eigenvalue weighted by atomic mass is 19.1. The number of hydrogen-bond donors (Lipinski definition) is 0. The van der Waals surface area contributed by atoms with Crippen molar-refractivity contribution in [1.29, 1.82) is 0 Å². The van der Waals surface area contributed by atoms with Crippen molar-refractivity contribution >= 4 is 22.1 Å². The lowest BCUT2D eigenvalue weighted by atomic mass is 10.1. The number of fused-ring (bicyclic) bond motifs is 2. The third-order valence-electron chi connectivity index (χ3n) is 3.61. The molecular weight excluding hydrogens is 269 g/mol. The van der Waals surface area contributed by atoms with Gasteiger partial charge in [0, 0.05) is 11.8 Å². The molecule has 2 aromatic heterocycles. The van der Waals surface area contributed by atoms with E-state index in [1.165, 1.54) is 6.39 Å². The largest absolute Gasteiger partial charge is 0.461 e. The summed E-state index contributed by atoms with van der Waals surface area (Å²) in [6.07, 6.45) is 1.64. The van der Waals surface area contributed by atoms with Crippen LogP contribution in [0.15, 0.2) is 51.6 Å². The molecule has 21 heavy (non-hydrogen) atoms. The minimum Gasteiger partial charge on any atom is -0.461 e. The first-order valence-corrected chi connectivity index (χ1v) is 6.70. The van der Waals surface area contributed by atoms with Gasteiger partial charge in [-0.25, -0.2) is 9.37 Å². The Morgan fingerprint density at radius 1 is 1.14 bits per heavy atom. The molecule has 4 heteroatoms. The summed E-state index contributed by atoms with van der Waals surface area (Å²) in [6, 6.07) is 11.4. The van der Waals surface area contributed by atoms with Crippen molar-refractivity contribution in [3.8, 4) is 0 Å². The molecule has 0 amide bonds. The monoisotopic (exact) mass is 281 g/mol. The van der Waals surface area contributed by atoms with Crippen molar-refractivity contribution in [2.75, 3.05) is 0 Å². The number of hydrogen-bond acceptors (Lipinski definition) is 3. The fourth-order valence-corrected chi connectivity index (χ4v) is 2.54. The molecule has 0 fully saturated rings. The van der Waals surface area contributed by atoms with Gasteiger partial charge >= 0.3 is 0 Å². The summed E-state index contributed by atoms with van der Waals surface area (Å²) < 4.78 is 25.2. The van der Waals surface area contributed by atoms with Crippen molar-refractivity contribution in [2.45, 2.75) is 13.3 Å². The third-order valence-corrected chi connectivity index (χ3v) is 3.61. The summed E-state index contributed by atoms with van der Waals surface area (Å²) in [5.41, 5.74) is 3.22. The van der Waals surface area contributed by atoms with E-state index >= 15 is 0 Å². The van der Waals surface area contributed by atoms with Crippen molar-refractivity contribution in [2.24, 2.45) is 0 Å². The molecule has 0 aliphatic carbocycles. The van der Waals surface area contributed by atoms with Gasteiger partial charge < -0.3 is 8.83 Å². The van der Waals surface area contributed by atoms with E-state index in [9.17, 15) is 4.39 Å². The topological polar surface area (TPSA) is 39.2 Å². The van der Waals surface area contributed by atoms with Crippen LogP contribution in [-0.2, 0) is 6.42 Å². The van der Waals surface area contributed by atoms with Crippen LogP contribution in [0.1, 0.15) is 16.9 Å².